The smallest absolute Gasteiger partial charge is 0.255 e. The number of aromatic nitrogens is 3. The maximum absolute atomic E-state index is 12.9. The number of methoxy groups -OCH3 is 1. The molecule has 9 heteroatoms. The van der Waals surface area contributed by atoms with Gasteiger partial charge in [0.15, 0.2) is 0 Å². The highest BCUT2D eigenvalue weighted by Crippen LogP contribution is 2.23. The minimum atomic E-state index is -0.248. The first kappa shape index (κ1) is 24.9. The van der Waals surface area contributed by atoms with Crippen LogP contribution in [0.25, 0.3) is 6.08 Å². The molecule has 1 aromatic carbocycles. The Hall–Kier alpha value is -4.26. The number of benzene rings is 1. The van der Waals surface area contributed by atoms with Gasteiger partial charge in [-0.25, -0.2) is 4.98 Å². The standard InChI is InChI=1S/C27H29N7O2/c1-33-10-12-34(13-11-33)19-22-7-6-21(15-25(22)36-2)27(35)32-24-14-20(16-29-17-24)5-8-23-18-30-26(31-23)4-3-9-28/h3-4,6-7,9,14-18,28H,10-13,19H2,1-2H3,(H,30,31)(H,32,35)/b4-3-,28-9?. The molecule has 184 valence electrons. The topological polar surface area (TPSA) is 110 Å². The number of likely N-dealkylation sites (N-methyl/N-ethyl adjacent to an activating group) is 1. The molecule has 9 nitrogen and oxygen atoms in total. The fourth-order valence-electron chi connectivity index (χ4n) is 3.81. The molecule has 1 amide bonds. The third kappa shape index (κ3) is 6.66. The number of pyridine rings is 1. The van der Waals surface area contributed by atoms with Crippen LogP contribution < -0.4 is 10.1 Å². The number of imidazole rings is 1. The summed E-state index contributed by atoms with van der Waals surface area (Å²) < 4.78 is 5.59. The van der Waals surface area contributed by atoms with Crippen molar-refractivity contribution in [1.29, 1.82) is 5.41 Å². The number of anilines is 1. The van der Waals surface area contributed by atoms with Gasteiger partial charge in [-0.3, -0.25) is 14.7 Å². The van der Waals surface area contributed by atoms with Crippen LogP contribution in [0.5, 0.6) is 5.75 Å². The molecule has 0 aliphatic carbocycles. The molecule has 1 saturated heterocycles. The summed E-state index contributed by atoms with van der Waals surface area (Å²) >= 11 is 0. The van der Waals surface area contributed by atoms with Gasteiger partial charge in [-0.2, -0.15) is 0 Å². The van der Waals surface area contributed by atoms with Crippen molar-refractivity contribution in [3.8, 4) is 17.6 Å². The van der Waals surface area contributed by atoms with Crippen molar-refractivity contribution in [2.24, 2.45) is 0 Å². The van der Waals surface area contributed by atoms with Gasteiger partial charge in [0.25, 0.3) is 5.91 Å². The SMILES string of the molecule is COc1cc(C(=O)Nc2cncc(C#Cc3cnc(/C=C\C=N)[nH]3)c2)ccc1CN1CCN(C)CC1. The highest BCUT2D eigenvalue weighted by Gasteiger charge is 2.17. The fourth-order valence-corrected chi connectivity index (χ4v) is 3.81. The van der Waals surface area contributed by atoms with E-state index in [0.717, 1.165) is 38.3 Å². The van der Waals surface area contributed by atoms with E-state index in [2.05, 4.69) is 49.0 Å². The van der Waals surface area contributed by atoms with E-state index in [-0.39, 0.29) is 5.91 Å². The Labute approximate surface area is 210 Å². The van der Waals surface area contributed by atoms with Gasteiger partial charge < -0.3 is 25.3 Å². The average molecular weight is 484 g/mol. The Morgan fingerprint density at radius 3 is 2.81 bits per heavy atom. The Balaban J connectivity index is 1.41. The molecule has 3 heterocycles. The van der Waals surface area contributed by atoms with Crippen LogP contribution >= 0.6 is 0 Å². The predicted octanol–water partition coefficient (Wildman–Crippen LogP) is 2.88. The Morgan fingerprint density at radius 1 is 1.19 bits per heavy atom. The Kier molecular flexibility index (Phi) is 8.24. The zero-order chi connectivity index (χ0) is 25.3. The van der Waals surface area contributed by atoms with Crippen molar-refractivity contribution in [3.05, 3.63) is 77.1 Å². The summed E-state index contributed by atoms with van der Waals surface area (Å²) in [5.74, 6) is 7.08. The lowest BCUT2D eigenvalue weighted by Gasteiger charge is -2.32. The molecular weight excluding hydrogens is 454 g/mol. The predicted molar refractivity (Wildman–Crippen MR) is 140 cm³/mol. The lowest BCUT2D eigenvalue weighted by atomic mass is 10.1. The number of aromatic amines is 1. The third-order valence-corrected chi connectivity index (χ3v) is 5.82. The zero-order valence-electron chi connectivity index (χ0n) is 20.4. The zero-order valence-corrected chi connectivity index (χ0v) is 20.4. The molecule has 0 unspecified atom stereocenters. The van der Waals surface area contributed by atoms with E-state index in [1.165, 1.54) is 6.21 Å². The van der Waals surface area contributed by atoms with E-state index in [9.17, 15) is 4.79 Å². The number of nitrogens with zero attached hydrogens (tertiary/aromatic N) is 4. The molecule has 2 aromatic heterocycles. The second kappa shape index (κ2) is 11.9. The monoisotopic (exact) mass is 483 g/mol. The van der Waals surface area contributed by atoms with Gasteiger partial charge in [-0.15, -0.1) is 0 Å². The molecule has 1 aliphatic heterocycles. The lowest BCUT2D eigenvalue weighted by Crippen LogP contribution is -2.43. The number of hydrogen-bond donors (Lipinski definition) is 3. The van der Waals surface area contributed by atoms with Crippen LogP contribution in [-0.4, -0.2) is 77.2 Å². The molecule has 0 saturated carbocycles. The number of hydrogen-bond acceptors (Lipinski definition) is 7. The van der Waals surface area contributed by atoms with Crippen molar-refractivity contribution < 1.29 is 9.53 Å². The highest BCUT2D eigenvalue weighted by atomic mass is 16.5. The van der Waals surface area contributed by atoms with Crippen LogP contribution in [0.3, 0.4) is 0 Å². The van der Waals surface area contributed by atoms with E-state index < -0.39 is 0 Å². The van der Waals surface area contributed by atoms with Gasteiger partial charge in [0.05, 0.1) is 25.2 Å². The van der Waals surface area contributed by atoms with Gasteiger partial charge in [-0.05, 0) is 43.3 Å². The molecular formula is C27H29N7O2. The summed E-state index contributed by atoms with van der Waals surface area (Å²) in [5.41, 5.74) is 3.41. The first-order valence-electron chi connectivity index (χ1n) is 11.6. The molecule has 1 aliphatic rings. The minimum Gasteiger partial charge on any atom is -0.496 e. The second-order valence-electron chi connectivity index (χ2n) is 8.48. The Morgan fingerprint density at radius 2 is 2.03 bits per heavy atom. The number of rotatable bonds is 7. The first-order chi connectivity index (χ1) is 17.5. The molecule has 3 N–H and O–H groups in total. The molecule has 36 heavy (non-hydrogen) atoms. The third-order valence-electron chi connectivity index (χ3n) is 5.82. The number of H-pyrrole nitrogens is 1. The summed E-state index contributed by atoms with van der Waals surface area (Å²) in [6.07, 6.45) is 9.27. The molecule has 0 atom stereocenters. The summed E-state index contributed by atoms with van der Waals surface area (Å²) in [5, 5.41) is 9.92. The van der Waals surface area contributed by atoms with Gasteiger partial charge in [0, 0.05) is 61.8 Å². The number of amides is 1. The summed E-state index contributed by atoms with van der Waals surface area (Å²) in [6.45, 7) is 4.91. The van der Waals surface area contributed by atoms with Gasteiger partial charge in [-0.1, -0.05) is 12.0 Å². The number of piperazine rings is 1. The normalized spacial score (nSPS) is 14.3. The van der Waals surface area contributed by atoms with Crippen molar-refractivity contribution in [1.82, 2.24) is 24.8 Å². The molecule has 3 aromatic rings. The molecule has 1 fully saturated rings. The summed E-state index contributed by atoms with van der Waals surface area (Å²) in [6, 6.07) is 7.33. The van der Waals surface area contributed by atoms with Gasteiger partial charge in [0.2, 0.25) is 0 Å². The molecule has 0 bridgehead atoms. The number of carbonyl (C=O) groups is 1. The van der Waals surface area contributed by atoms with Crippen LogP contribution in [-0.2, 0) is 6.54 Å². The van der Waals surface area contributed by atoms with E-state index in [1.54, 1.807) is 50.0 Å². The van der Waals surface area contributed by atoms with E-state index in [4.69, 9.17) is 10.1 Å². The maximum Gasteiger partial charge on any atom is 0.255 e. The van der Waals surface area contributed by atoms with Crippen LogP contribution in [0, 0.1) is 17.3 Å². The number of allylic oxidation sites excluding steroid dienone is 1. The maximum atomic E-state index is 12.9. The molecule has 0 spiro atoms. The van der Waals surface area contributed by atoms with Crippen molar-refractivity contribution in [3.63, 3.8) is 0 Å². The average Bonchev–Trinajstić information content (AvgIpc) is 3.35. The molecule has 0 radical (unpaired) electrons. The van der Waals surface area contributed by atoms with Crippen LogP contribution in [0.1, 0.15) is 33.0 Å². The van der Waals surface area contributed by atoms with E-state index >= 15 is 0 Å². The largest absolute Gasteiger partial charge is 0.496 e. The van der Waals surface area contributed by atoms with E-state index in [0.29, 0.717) is 34.1 Å². The quantitative estimate of drug-likeness (QED) is 0.352. The fraction of sp³-hybridized carbons (Fsp3) is 0.259. The highest BCUT2D eigenvalue weighted by molar-refractivity contribution is 6.04. The van der Waals surface area contributed by atoms with Crippen LogP contribution in [0.15, 0.2) is 48.9 Å². The number of ether oxygens (including phenoxy) is 1. The summed E-state index contributed by atoms with van der Waals surface area (Å²) in [7, 11) is 3.77. The Bertz CT molecular complexity index is 1310. The van der Waals surface area contributed by atoms with Crippen molar-refractivity contribution in [2.75, 3.05) is 45.7 Å². The molecule has 4 rings (SSSR count). The van der Waals surface area contributed by atoms with Crippen LogP contribution in [0.2, 0.25) is 0 Å². The van der Waals surface area contributed by atoms with Crippen molar-refractivity contribution in [2.45, 2.75) is 6.54 Å². The van der Waals surface area contributed by atoms with E-state index in [1.807, 2.05) is 12.1 Å². The van der Waals surface area contributed by atoms with Crippen LogP contribution in [0.4, 0.5) is 5.69 Å². The van der Waals surface area contributed by atoms with Gasteiger partial charge in [0.1, 0.15) is 17.3 Å². The second-order valence-corrected chi connectivity index (χ2v) is 8.48. The first-order valence-corrected chi connectivity index (χ1v) is 11.6. The lowest BCUT2D eigenvalue weighted by molar-refractivity contribution is 0.102. The van der Waals surface area contributed by atoms with Gasteiger partial charge >= 0.3 is 0 Å². The van der Waals surface area contributed by atoms with Crippen molar-refractivity contribution >= 4 is 23.9 Å². The number of nitrogens with one attached hydrogen (secondary N) is 3. The summed E-state index contributed by atoms with van der Waals surface area (Å²) in [4.78, 5) is 29.1. The minimum absolute atomic E-state index is 0.248. The number of carbonyl (C=O) groups excluding carboxylic acids is 1.